The maximum absolute atomic E-state index is 13.6. The summed E-state index contributed by atoms with van der Waals surface area (Å²) >= 11 is 1.11. The average molecular weight is 316 g/mol. The molecule has 3 rings (SSSR count). The number of halogens is 2. The minimum absolute atomic E-state index is 0.336. The van der Waals surface area contributed by atoms with E-state index >= 15 is 0 Å². The molecule has 3 nitrogen and oxygen atoms in total. The number of nitrogens with zero attached hydrogens (tertiary/aromatic N) is 1. The largest absolute Gasteiger partial charge is 0.300 e. The fraction of sp³-hybridized carbons (Fsp3) is 0. The average Bonchev–Trinajstić information content (AvgIpc) is 2.84. The Kier molecular flexibility index (Phi) is 4.02. The highest BCUT2D eigenvalue weighted by atomic mass is 32.2. The lowest BCUT2D eigenvalue weighted by atomic mass is 10.2. The molecule has 1 amide bonds. The van der Waals surface area contributed by atoms with Crippen LogP contribution in [0.1, 0.15) is 5.56 Å². The van der Waals surface area contributed by atoms with Crippen molar-refractivity contribution in [3.63, 3.8) is 0 Å². The Morgan fingerprint density at radius 2 is 1.77 bits per heavy atom. The van der Waals surface area contributed by atoms with Crippen molar-refractivity contribution in [1.29, 1.82) is 0 Å². The minimum Gasteiger partial charge on any atom is -0.300 e. The molecule has 2 aromatic carbocycles. The van der Waals surface area contributed by atoms with Gasteiger partial charge in [0.1, 0.15) is 11.6 Å². The van der Waals surface area contributed by atoms with Gasteiger partial charge < -0.3 is 5.32 Å². The van der Waals surface area contributed by atoms with E-state index in [9.17, 15) is 13.6 Å². The summed E-state index contributed by atoms with van der Waals surface area (Å²) in [6, 6.07) is 11.8. The number of thioether (sulfide) groups is 1. The van der Waals surface area contributed by atoms with Gasteiger partial charge >= 0.3 is 0 Å². The molecule has 110 valence electrons. The molecule has 0 spiro atoms. The van der Waals surface area contributed by atoms with E-state index in [1.807, 2.05) is 0 Å². The number of benzene rings is 2. The van der Waals surface area contributed by atoms with Crippen LogP contribution in [0.15, 0.2) is 58.4 Å². The third-order valence-corrected chi connectivity index (χ3v) is 3.81. The van der Waals surface area contributed by atoms with Crippen LogP contribution in [0.2, 0.25) is 0 Å². The summed E-state index contributed by atoms with van der Waals surface area (Å²) < 4.78 is 26.4. The summed E-state index contributed by atoms with van der Waals surface area (Å²) in [4.78, 5) is 16.4. The molecule has 1 saturated heterocycles. The van der Waals surface area contributed by atoms with Crippen LogP contribution in [0.25, 0.3) is 6.08 Å². The highest BCUT2D eigenvalue weighted by molar-refractivity contribution is 8.18. The second kappa shape index (κ2) is 6.11. The molecular formula is C16H10F2N2OS. The SMILES string of the molecule is O=C1NC(=Nc2ccc(F)cc2)S/C1=C\c1ccccc1F. The quantitative estimate of drug-likeness (QED) is 0.855. The van der Waals surface area contributed by atoms with Crippen LogP contribution in [-0.4, -0.2) is 11.1 Å². The smallest absolute Gasteiger partial charge is 0.264 e. The lowest BCUT2D eigenvalue weighted by molar-refractivity contribution is -0.115. The fourth-order valence-electron chi connectivity index (χ4n) is 1.85. The predicted molar refractivity (Wildman–Crippen MR) is 83.6 cm³/mol. The molecule has 0 saturated carbocycles. The van der Waals surface area contributed by atoms with Crippen LogP contribution in [0, 0.1) is 11.6 Å². The molecule has 0 unspecified atom stereocenters. The van der Waals surface area contributed by atoms with Gasteiger partial charge in [-0.2, -0.15) is 0 Å². The zero-order valence-corrected chi connectivity index (χ0v) is 12.0. The summed E-state index contributed by atoms with van der Waals surface area (Å²) in [5.41, 5.74) is 0.861. The maximum Gasteiger partial charge on any atom is 0.264 e. The Balaban J connectivity index is 1.84. The van der Waals surface area contributed by atoms with Crippen LogP contribution in [0.5, 0.6) is 0 Å². The molecule has 1 aliphatic rings. The monoisotopic (exact) mass is 316 g/mol. The van der Waals surface area contributed by atoms with Gasteiger partial charge in [0.15, 0.2) is 5.17 Å². The maximum atomic E-state index is 13.6. The molecule has 1 N–H and O–H groups in total. The summed E-state index contributed by atoms with van der Waals surface area (Å²) in [7, 11) is 0. The Labute approximate surface area is 129 Å². The van der Waals surface area contributed by atoms with Gasteiger partial charge in [-0.15, -0.1) is 0 Å². The van der Waals surface area contributed by atoms with E-state index in [4.69, 9.17) is 0 Å². The van der Waals surface area contributed by atoms with Gasteiger partial charge in [0.2, 0.25) is 0 Å². The van der Waals surface area contributed by atoms with Crippen LogP contribution in [0.3, 0.4) is 0 Å². The first-order valence-electron chi connectivity index (χ1n) is 6.41. The Bertz CT molecular complexity index is 785. The lowest BCUT2D eigenvalue weighted by Gasteiger charge is -1.96. The molecule has 2 aromatic rings. The van der Waals surface area contributed by atoms with Crippen LogP contribution < -0.4 is 5.32 Å². The number of carbonyl (C=O) groups is 1. The number of amidine groups is 1. The van der Waals surface area contributed by atoms with Crippen LogP contribution in [0.4, 0.5) is 14.5 Å². The molecule has 22 heavy (non-hydrogen) atoms. The molecule has 1 fully saturated rings. The zero-order chi connectivity index (χ0) is 15.5. The molecule has 1 aliphatic heterocycles. The van der Waals surface area contributed by atoms with Crippen LogP contribution >= 0.6 is 11.8 Å². The van der Waals surface area contributed by atoms with Crippen molar-refractivity contribution in [3.05, 3.63) is 70.6 Å². The number of nitrogens with one attached hydrogen (secondary N) is 1. The summed E-state index contributed by atoms with van der Waals surface area (Å²) in [5, 5.41) is 2.97. The van der Waals surface area contributed by atoms with Gasteiger partial charge in [-0.3, -0.25) is 4.79 Å². The second-order valence-electron chi connectivity index (χ2n) is 4.48. The first-order valence-corrected chi connectivity index (χ1v) is 7.23. The number of hydrogen-bond donors (Lipinski definition) is 1. The van der Waals surface area contributed by atoms with E-state index in [0.29, 0.717) is 21.3 Å². The Hall–Kier alpha value is -2.47. The fourth-order valence-corrected chi connectivity index (χ4v) is 2.68. The van der Waals surface area contributed by atoms with E-state index in [1.165, 1.54) is 36.4 Å². The zero-order valence-electron chi connectivity index (χ0n) is 11.2. The molecule has 0 aliphatic carbocycles. The number of aliphatic imine (C=N–C) groups is 1. The summed E-state index contributed by atoms with van der Waals surface area (Å²) in [6.07, 6.45) is 1.47. The van der Waals surface area contributed by atoms with Gasteiger partial charge in [-0.05, 0) is 48.2 Å². The van der Waals surface area contributed by atoms with Crippen molar-refractivity contribution in [1.82, 2.24) is 5.32 Å². The summed E-state index contributed by atoms with van der Waals surface area (Å²) in [6.45, 7) is 0. The van der Waals surface area contributed by atoms with Gasteiger partial charge in [0.05, 0.1) is 10.6 Å². The second-order valence-corrected chi connectivity index (χ2v) is 5.51. The number of rotatable bonds is 2. The molecule has 6 heteroatoms. The van der Waals surface area contributed by atoms with Gasteiger partial charge in [-0.1, -0.05) is 18.2 Å². The molecule has 0 radical (unpaired) electrons. The molecular weight excluding hydrogens is 306 g/mol. The van der Waals surface area contributed by atoms with Gasteiger partial charge in [0, 0.05) is 5.56 Å². The normalized spacial score (nSPS) is 18.0. The topological polar surface area (TPSA) is 41.5 Å². The van der Waals surface area contributed by atoms with Crippen molar-refractivity contribution in [3.8, 4) is 0 Å². The highest BCUT2D eigenvalue weighted by Gasteiger charge is 2.24. The third kappa shape index (κ3) is 3.23. The van der Waals surface area contributed by atoms with Crippen molar-refractivity contribution in [2.45, 2.75) is 0 Å². The first kappa shape index (κ1) is 14.5. The summed E-state index contributed by atoms with van der Waals surface area (Å²) in [5.74, 6) is -1.09. The number of carbonyl (C=O) groups excluding carboxylic acids is 1. The number of amides is 1. The van der Waals surface area contributed by atoms with Gasteiger partial charge in [-0.25, -0.2) is 13.8 Å². The van der Waals surface area contributed by atoms with Crippen molar-refractivity contribution >= 4 is 34.6 Å². The van der Waals surface area contributed by atoms with Gasteiger partial charge in [0.25, 0.3) is 5.91 Å². The van der Waals surface area contributed by atoms with E-state index in [0.717, 1.165) is 11.8 Å². The van der Waals surface area contributed by atoms with E-state index in [2.05, 4.69) is 10.3 Å². The number of hydrogen-bond acceptors (Lipinski definition) is 3. The van der Waals surface area contributed by atoms with E-state index in [-0.39, 0.29) is 11.7 Å². The highest BCUT2D eigenvalue weighted by Crippen LogP contribution is 2.28. The van der Waals surface area contributed by atoms with Crippen molar-refractivity contribution < 1.29 is 13.6 Å². The molecule has 0 atom stereocenters. The molecule has 1 heterocycles. The molecule has 0 bridgehead atoms. The van der Waals surface area contributed by atoms with Crippen molar-refractivity contribution in [2.75, 3.05) is 0 Å². The lowest BCUT2D eigenvalue weighted by Crippen LogP contribution is -2.19. The predicted octanol–water partition coefficient (Wildman–Crippen LogP) is 3.86. The Morgan fingerprint density at radius 3 is 2.50 bits per heavy atom. The first-order chi connectivity index (χ1) is 10.6. The minimum atomic E-state index is -0.396. The van der Waals surface area contributed by atoms with E-state index in [1.54, 1.807) is 18.2 Å². The van der Waals surface area contributed by atoms with Crippen LogP contribution in [-0.2, 0) is 4.79 Å². The van der Waals surface area contributed by atoms with Crippen molar-refractivity contribution in [2.24, 2.45) is 4.99 Å². The Morgan fingerprint density at radius 1 is 1.05 bits per heavy atom. The molecule has 0 aromatic heterocycles. The standard InChI is InChI=1S/C16H10F2N2OS/c17-11-5-7-12(8-6-11)19-16-20-15(21)14(22-16)9-10-3-1-2-4-13(10)18/h1-9H,(H,19,20,21)/b14-9-. The third-order valence-electron chi connectivity index (χ3n) is 2.90. The van der Waals surface area contributed by atoms with E-state index < -0.39 is 5.82 Å².